The van der Waals surface area contributed by atoms with E-state index in [4.69, 9.17) is 11.6 Å². The Morgan fingerprint density at radius 1 is 1.48 bits per heavy atom. The van der Waals surface area contributed by atoms with Crippen LogP contribution in [-0.2, 0) is 0 Å². The van der Waals surface area contributed by atoms with Crippen molar-refractivity contribution in [2.24, 2.45) is 5.92 Å². The molecule has 110 valence electrons. The van der Waals surface area contributed by atoms with Crippen molar-refractivity contribution >= 4 is 17.5 Å². The number of hydrogen-bond acceptors (Lipinski definition) is 3. The van der Waals surface area contributed by atoms with E-state index < -0.39 is 0 Å². The summed E-state index contributed by atoms with van der Waals surface area (Å²) in [7, 11) is 0. The Hall–Kier alpha value is -1.85. The van der Waals surface area contributed by atoms with E-state index in [2.05, 4.69) is 15.7 Å². The predicted molar refractivity (Wildman–Crippen MR) is 82.0 cm³/mol. The zero-order valence-electron chi connectivity index (χ0n) is 11.8. The molecule has 5 nitrogen and oxygen atoms in total. The summed E-state index contributed by atoms with van der Waals surface area (Å²) >= 11 is 6.18. The standard InChI is InChI=1S/C15H17ClN4O/c1-10-12(15(21)18-8-11-6-17-7-11)9-19-20(10)14-5-3-2-4-13(14)16/h2-5,9,11,17H,6-8H2,1H3,(H,18,21). The van der Waals surface area contributed by atoms with Crippen LogP contribution in [0.3, 0.4) is 0 Å². The van der Waals surface area contributed by atoms with Crippen molar-refractivity contribution < 1.29 is 4.79 Å². The van der Waals surface area contributed by atoms with E-state index in [9.17, 15) is 4.79 Å². The Balaban J connectivity index is 1.78. The fourth-order valence-electron chi connectivity index (χ4n) is 2.32. The van der Waals surface area contributed by atoms with Gasteiger partial charge in [-0.05, 0) is 19.1 Å². The number of nitrogens with one attached hydrogen (secondary N) is 2. The summed E-state index contributed by atoms with van der Waals surface area (Å²) in [6.45, 7) is 4.51. The molecule has 0 unspecified atom stereocenters. The van der Waals surface area contributed by atoms with Crippen LogP contribution in [-0.4, -0.2) is 35.3 Å². The number of para-hydroxylation sites is 1. The summed E-state index contributed by atoms with van der Waals surface area (Å²) in [6, 6.07) is 7.45. The number of aromatic nitrogens is 2. The molecule has 1 amide bonds. The molecule has 1 saturated heterocycles. The van der Waals surface area contributed by atoms with E-state index in [1.165, 1.54) is 0 Å². The topological polar surface area (TPSA) is 59.0 Å². The molecule has 0 saturated carbocycles. The van der Waals surface area contributed by atoms with Gasteiger partial charge < -0.3 is 10.6 Å². The smallest absolute Gasteiger partial charge is 0.254 e. The minimum absolute atomic E-state index is 0.0855. The van der Waals surface area contributed by atoms with Gasteiger partial charge in [-0.3, -0.25) is 4.79 Å². The summed E-state index contributed by atoms with van der Waals surface area (Å²) in [5.74, 6) is 0.450. The lowest BCUT2D eigenvalue weighted by molar-refractivity contribution is 0.0941. The number of halogens is 1. The van der Waals surface area contributed by atoms with Crippen molar-refractivity contribution in [3.05, 3.63) is 46.7 Å². The maximum Gasteiger partial charge on any atom is 0.254 e. The van der Waals surface area contributed by atoms with Gasteiger partial charge in [-0.15, -0.1) is 0 Å². The molecule has 2 heterocycles. The first-order valence-electron chi connectivity index (χ1n) is 6.95. The van der Waals surface area contributed by atoms with Crippen LogP contribution in [0, 0.1) is 12.8 Å². The summed E-state index contributed by atoms with van der Waals surface area (Å²) in [5.41, 5.74) is 2.15. The van der Waals surface area contributed by atoms with E-state index in [1.54, 1.807) is 16.9 Å². The van der Waals surface area contributed by atoms with Crippen LogP contribution in [0.5, 0.6) is 0 Å². The Labute approximate surface area is 128 Å². The van der Waals surface area contributed by atoms with E-state index >= 15 is 0 Å². The van der Waals surface area contributed by atoms with Gasteiger partial charge in [0.25, 0.3) is 5.91 Å². The molecule has 1 aromatic carbocycles. The SMILES string of the molecule is Cc1c(C(=O)NCC2CNC2)cnn1-c1ccccc1Cl. The number of carbonyl (C=O) groups excluding carboxylic acids is 1. The van der Waals surface area contributed by atoms with Crippen LogP contribution in [0.15, 0.2) is 30.5 Å². The lowest BCUT2D eigenvalue weighted by Crippen LogP contribution is -2.48. The fraction of sp³-hybridized carbons (Fsp3) is 0.333. The molecule has 21 heavy (non-hydrogen) atoms. The van der Waals surface area contributed by atoms with Crippen LogP contribution in [0.25, 0.3) is 5.69 Å². The number of rotatable bonds is 4. The molecule has 0 radical (unpaired) electrons. The lowest BCUT2D eigenvalue weighted by Gasteiger charge is -2.27. The van der Waals surface area contributed by atoms with E-state index in [-0.39, 0.29) is 5.91 Å². The molecule has 1 aromatic heterocycles. The molecule has 2 aromatic rings. The molecular formula is C15H17ClN4O. The van der Waals surface area contributed by atoms with Crippen LogP contribution in [0.2, 0.25) is 5.02 Å². The Bertz CT molecular complexity index is 663. The monoisotopic (exact) mass is 304 g/mol. The quantitative estimate of drug-likeness (QED) is 0.905. The first-order valence-corrected chi connectivity index (χ1v) is 7.33. The van der Waals surface area contributed by atoms with Gasteiger partial charge in [-0.25, -0.2) is 4.68 Å². The van der Waals surface area contributed by atoms with Crippen LogP contribution < -0.4 is 10.6 Å². The van der Waals surface area contributed by atoms with Crippen molar-refractivity contribution in [3.63, 3.8) is 0 Å². The van der Waals surface area contributed by atoms with Crippen molar-refractivity contribution in [1.82, 2.24) is 20.4 Å². The molecule has 0 aliphatic carbocycles. The highest BCUT2D eigenvalue weighted by Crippen LogP contribution is 2.22. The fourth-order valence-corrected chi connectivity index (χ4v) is 2.54. The summed E-state index contributed by atoms with van der Waals surface area (Å²) in [6.07, 6.45) is 1.59. The van der Waals surface area contributed by atoms with Crippen LogP contribution in [0.4, 0.5) is 0 Å². The zero-order valence-corrected chi connectivity index (χ0v) is 12.5. The van der Waals surface area contributed by atoms with E-state index in [0.717, 1.165) is 24.5 Å². The Morgan fingerprint density at radius 3 is 2.90 bits per heavy atom. The molecular weight excluding hydrogens is 288 g/mol. The maximum atomic E-state index is 12.2. The highest BCUT2D eigenvalue weighted by Gasteiger charge is 2.20. The second-order valence-electron chi connectivity index (χ2n) is 5.24. The summed E-state index contributed by atoms with van der Waals surface area (Å²) < 4.78 is 1.70. The third-order valence-electron chi connectivity index (χ3n) is 3.75. The van der Waals surface area contributed by atoms with Crippen molar-refractivity contribution in [2.45, 2.75) is 6.92 Å². The molecule has 1 aliphatic heterocycles. The van der Waals surface area contributed by atoms with Crippen molar-refractivity contribution in [1.29, 1.82) is 0 Å². The van der Waals surface area contributed by atoms with Gasteiger partial charge in [0.05, 0.1) is 28.2 Å². The van der Waals surface area contributed by atoms with Crippen molar-refractivity contribution in [2.75, 3.05) is 19.6 Å². The molecule has 0 spiro atoms. The Kier molecular flexibility index (Phi) is 3.94. The first kappa shape index (κ1) is 14.1. The highest BCUT2D eigenvalue weighted by molar-refractivity contribution is 6.32. The predicted octanol–water partition coefficient (Wildman–Crippen LogP) is 1.78. The average molecular weight is 305 g/mol. The number of benzene rings is 1. The molecule has 1 fully saturated rings. The minimum Gasteiger partial charge on any atom is -0.352 e. The van der Waals surface area contributed by atoms with E-state index in [1.807, 2.05) is 25.1 Å². The number of nitrogens with zero attached hydrogens (tertiary/aromatic N) is 2. The molecule has 1 aliphatic rings. The summed E-state index contributed by atoms with van der Waals surface area (Å²) in [5, 5.41) is 11.0. The zero-order chi connectivity index (χ0) is 14.8. The van der Waals surface area contributed by atoms with E-state index in [0.29, 0.717) is 23.0 Å². The molecule has 6 heteroatoms. The van der Waals surface area contributed by atoms with Gasteiger partial charge >= 0.3 is 0 Å². The van der Waals surface area contributed by atoms with Crippen LogP contribution >= 0.6 is 11.6 Å². The van der Waals surface area contributed by atoms with Gasteiger partial charge in [0.1, 0.15) is 0 Å². The second-order valence-corrected chi connectivity index (χ2v) is 5.65. The van der Waals surface area contributed by atoms with Gasteiger partial charge in [0, 0.05) is 25.6 Å². The first-order chi connectivity index (χ1) is 10.2. The molecule has 0 atom stereocenters. The second kappa shape index (κ2) is 5.87. The number of amides is 1. The van der Waals surface area contributed by atoms with Crippen LogP contribution in [0.1, 0.15) is 16.1 Å². The molecule has 2 N–H and O–H groups in total. The Morgan fingerprint density at radius 2 is 2.24 bits per heavy atom. The largest absolute Gasteiger partial charge is 0.352 e. The molecule has 0 bridgehead atoms. The number of hydrogen-bond donors (Lipinski definition) is 2. The third kappa shape index (κ3) is 2.80. The average Bonchev–Trinajstić information content (AvgIpc) is 2.79. The number of carbonyl (C=O) groups is 1. The normalized spacial score (nSPS) is 14.8. The van der Waals surface area contributed by atoms with Gasteiger partial charge in [0.15, 0.2) is 0 Å². The van der Waals surface area contributed by atoms with Gasteiger partial charge in [-0.1, -0.05) is 23.7 Å². The van der Waals surface area contributed by atoms with Crippen molar-refractivity contribution in [3.8, 4) is 5.69 Å². The third-order valence-corrected chi connectivity index (χ3v) is 4.07. The molecule has 3 rings (SSSR count). The highest BCUT2D eigenvalue weighted by atomic mass is 35.5. The minimum atomic E-state index is -0.0855. The lowest BCUT2D eigenvalue weighted by atomic mass is 10.0. The maximum absolute atomic E-state index is 12.2. The van der Waals surface area contributed by atoms with Gasteiger partial charge in [0.2, 0.25) is 0 Å². The van der Waals surface area contributed by atoms with Gasteiger partial charge in [-0.2, -0.15) is 5.10 Å². The summed E-state index contributed by atoms with van der Waals surface area (Å²) in [4.78, 5) is 12.2.